The van der Waals surface area contributed by atoms with E-state index in [9.17, 15) is 0 Å². The van der Waals surface area contributed by atoms with Crippen molar-refractivity contribution >= 4 is 32.4 Å². The summed E-state index contributed by atoms with van der Waals surface area (Å²) in [7, 11) is 0. The van der Waals surface area contributed by atoms with E-state index in [2.05, 4.69) is 53.0 Å². The number of hydrogen-bond donors (Lipinski definition) is 1. The van der Waals surface area contributed by atoms with Gasteiger partial charge >= 0.3 is 0 Å². The van der Waals surface area contributed by atoms with Crippen molar-refractivity contribution in [1.82, 2.24) is 4.98 Å². The van der Waals surface area contributed by atoms with Crippen LogP contribution in [0.4, 0.5) is 5.13 Å². The summed E-state index contributed by atoms with van der Waals surface area (Å²) in [5.41, 5.74) is 9.57. The lowest BCUT2D eigenvalue weighted by atomic mass is 10.1. The number of hydrogen-bond acceptors (Lipinski definition) is 3. The molecule has 0 bridgehead atoms. The minimum absolute atomic E-state index is 0.678. The van der Waals surface area contributed by atoms with Crippen LogP contribution in [0, 0.1) is 6.92 Å². The fraction of sp³-hybridized carbons (Fsp3) is 0.357. The number of aryl methyl sites for hydroxylation is 2. The van der Waals surface area contributed by atoms with Crippen molar-refractivity contribution in [3.63, 3.8) is 0 Å². The van der Waals surface area contributed by atoms with Gasteiger partial charge in [0.1, 0.15) is 0 Å². The minimum atomic E-state index is 0.678. The Morgan fingerprint density at radius 2 is 2.17 bits per heavy atom. The van der Waals surface area contributed by atoms with Crippen LogP contribution in [0.2, 0.25) is 0 Å². The van der Waals surface area contributed by atoms with Gasteiger partial charge in [-0.05, 0) is 25.0 Å². The Morgan fingerprint density at radius 3 is 2.89 bits per heavy atom. The predicted octanol–water partition coefficient (Wildman–Crippen LogP) is 4.34. The van der Waals surface area contributed by atoms with Gasteiger partial charge in [-0.15, -0.1) is 11.3 Å². The fourth-order valence-corrected chi connectivity index (χ4v) is 3.27. The third-order valence-corrected chi connectivity index (χ3v) is 4.53. The molecule has 2 nitrogen and oxygen atoms in total. The molecule has 0 amide bonds. The summed E-state index contributed by atoms with van der Waals surface area (Å²) >= 11 is 5.22. The summed E-state index contributed by atoms with van der Waals surface area (Å²) in [6, 6.07) is 6.44. The first-order valence-electron chi connectivity index (χ1n) is 6.09. The zero-order chi connectivity index (χ0) is 13.1. The largest absolute Gasteiger partial charge is 0.375 e. The van der Waals surface area contributed by atoms with Crippen LogP contribution >= 0.6 is 27.3 Å². The molecular weight excluding hydrogens is 308 g/mol. The van der Waals surface area contributed by atoms with Crippen LogP contribution in [0.3, 0.4) is 0 Å². The maximum Gasteiger partial charge on any atom is 0.180 e. The lowest BCUT2D eigenvalue weighted by molar-refractivity contribution is 0.879. The van der Waals surface area contributed by atoms with E-state index in [-0.39, 0.29) is 0 Å². The van der Waals surface area contributed by atoms with E-state index in [0.717, 1.165) is 29.4 Å². The molecule has 0 fully saturated rings. The molecule has 2 N–H and O–H groups in total. The van der Waals surface area contributed by atoms with E-state index in [4.69, 9.17) is 5.73 Å². The minimum Gasteiger partial charge on any atom is -0.375 e. The fourth-order valence-electron chi connectivity index (χ4n) is 1.99. The molecule has 0 saturated heterocycles. The van der Waals surface area contributed by atoms with Crippen LogP contribution in [0.1, 0.15) is 35.0 Å². The lowest BCUT2D eigenvalue weighted by Gasteiger charge is -2.05. The highest BCUT2D eigenvalue weighted by Gasteiger charge is 2.11. The number of anilines is 1. The molecule has 0 spiro atoms. The Balaban J connectivity index is 2.30. The maximum atomic E-state index is 5.83. The first kappa shape index (κ1) is 13.6. The molecule has 0 atom stereocenters. The van der Waals surface area contributed by atoms with Crippen molar-refractivity contribution in [3.8, 4) is 0 Å². The van der Waals surface area contributed by atoms with Crippen LogP contribution in [0.25, 0.3) is 0 Å². The van der Waals surface area contributed by atoms with E-state index in [0.29, 0.717) is 5.13 Å². The molecule has 2 aromatic rings. The first-order chi connectivity index (χ1) is 8.60. The van der Waals surface area contributed by atoms with Gasteiger partial charge in [-0.2, -0.15) is 0 Å². The second kappa shape index (κ2) is 5.85. The summed E-state index contributed by atoms with van der Waals surface area (Å²) in [6.07, 6.45) is 3.02. The van der Waals surface area contributed by atoms with E-state index < -0.39 is 0 Å². The van der Waals surface area contributed by atoms with Gasteiger partial charge in [-0.1, -0.05) is 47.0 Å². The molecule has 0 radical (unpaired) electrons. The average Bonchev–Trinajstić information content (AvgIpc) is 2.65. The summed E-state index contributed by atoms with van der Waals surface area (Å²) in [5, 5.41) is 0.678. The van der Waals surface area contributed by atoms with Crippen molar-refractivity contribution in [2.24, 2.45) is 0 Å². The van der Waals surface area contributed by atoms with Gasteiger partial charge in [0.2, 0.25) is 0 Å². The number of halogens is 1. The van der Waals surface area contributed by atoms with Crippen LogP contribution < -0.4 is 5.73 Å². The number of rotatable bonds is 4. The highest BCUT2D eigenvalue weighted by Crippen LogP contribution is 2.28. The maximum absolute atomic E-state index is 5.83. The highest BCUT2D eigenvalue weighted by molar-refractivity contribution is 9.10. The third kappa shape index (κ3) is 3.12. The van der Waals surface area contributed by atoms with Gasteiger partial charge in [0.15, 0.2) is 5.13 Å². The molecule has 0 aliphatic heterocycles. The molecule has 18 heavy (non-hydrogen) atoms. The van der Waals surface area contributed by atoms with Gasteiger partial charge in [-0.25, -0.2) is 4.98 Å². The topological polar surface area (TPSA) is 38.9 Å². The van der Waals surface area contributed by atoms with E-state index >= 15 is 0 Å². The van der Waals surface area contributed by atoms with Crippen LogP contribution in [-0.4, -0.2) is 4.98 Å². The van der Waals surface area contributed by atoms with Crippen molar-refractivity contribution in [1.29, 1.82) is 0 Å². The molecule has 0 aliphatic rings. The van der Waals surface area contributed by atoms with Crippen molar-refractivity contribution in [3.05, 3.63) is 44.4 Å². The SMILES string of the molecule is CCCc1nc(N)sc1Cc1cc(C)ccc1Br. The number of nitrogens with zero attached hydrogens (tertiary/aromatic N) is 1. The van der Waals surface area contributed by atoms with Crippen molar-refractivity contribution in [2.45, 2.75) is 33.1 Å². The van der Waals surface area contributed by atoms with Crippen molar-refractivity contribution < 1.29 is 0 Å². The first-order valence-corrected chi connectivity index (χ1v) is 7.70. The Morgan fingerprint density at radius 1 is 1.39 bits per heavy atom. The Labute approximate surface area is 120 Å². The molecule has 4 heteroatoms. The average molecular weight is 325 g/mol. The van der Waals surface area contributed by atoms with E-state index in [1.807, 2.05) is 0 Å². The molecular formula is C14H17BrN2S. The number of thiazole rings is 1. The highest BCUT2D eigenvalue weighted by atomic mass is 79.9. The molecule has 1 aromatic carbocycles. The summed E-state index contributed by atoms with van der Waals surface area (Å²) in [6.45, 7) is 4.28. The third-order valence-electron chi connectivity index (χ3n) is 2.83. The smallest absolute Gasteiger partial charge is 0.180 e. The van der Waals surface area contributed by atoms with Gasteiger partial charge in [0.05, 0.1) is 5.69 Å². The number of nitrogen functional groups attached to an aromatic ring is 1. The Kier molecular flexibility index (Phi) is 4.40. The van der Waals surface area contributed by atoms with Crippen LogP contribution in [0.5, 0.6) is 0 Å². The molecule has 1 aromatic heterocycles. The van der Waals surface area contributed by atoms with Gasteiger partial charge < -0.3 is 5.73 Å². The molecule has 1 heterocycles. The monoisotopic (exact) mass is 324 g/mol. The van der Waals surface area contributed by atoms with E-state index in [1.54, 1.807) is 11.3 Å². The zero-order valence-corrected chi connectivity index (χ0v) is 13.1. The van der Waals surface area contributed by atoms with Crippen LogP contribution in [-0.2, 0) is 12.8 Å². The molecule has 2 rings (SSSR count). The van der Waals surface area contributed by atoms with E-state index in [1.165, 1.54) is 16.0 Å². The molecule has 0 aliphatic carbocycles. The molecule has 0 unspecified atom stereocenters. The second-order valence-electron chi connectivity index (χ2n) is 4.44. The van der Waals surface area contributed by atoms with Gasteiger partial charge in [-0.3, -0.25) is 0 Å². The summed E-state index contributed by atoms with van der Waals surface area (Å²) in [5.74, 6) is 0. The Bertz CT molecular complexity index is 549. The van der Waals surface area contributed by atoms with Gasteiger partial charge in [0.25, 0.3) is 0 Å². The second-order valence-corrected chi connectivity index (χ2v) is 6.41. The number of aromatic nitrogens is 1. The molecule has 0 saturated carbocycles. The van der Waals surface area contributed by atoms with Crippen molar-refractivity contribution in [2.75, 3.05) is 5.73 Å². The van der Waals surface area contributed by atoms with Gasteiger partial charge in [0, 0.05) is 15.8 Å². The zero-order valence-electron chi connectivity index (χ0n) is 10.7. The normalized spacial score (nSPS) is 10.8. The number of benzene rings is 1. The number of nitrogens with two attached hydrogens (primary N) is 1. The standard InChI is InChI=1S/C14H17BrN2S/c1-3-4-12-13(18-14(16)17-12)8-10-7-9(2)5-6-11(10)15/h5-7H,3-4,8H2,1-2H3,(H2,16,17). The quantitative estimate of drug-likeness (QED) is 0.908. The van der Waals surface area contributed by atoms with Crippen LogP contribution in [0.15, 0.2) is 22.7 Å². The lowest BCUT2D eigenvalue weighted by Crippen LogP contribution is -1.94. The summed E-state index contributed by atoms with van der Waals surface area (Å²) < 4.78 is 1.16. The summed E-state index contributed by atoms with van der Waals surface area (Å²) in [4.78, 5) is 5.72. The Hall–Kier alpha value is -0.870. The molecule has 96 valence electrons. The predicted molar refractivity (Wildman–Crippen MR) is 82.2 cm³/mol.